The molecule has 1 saturated carbocycles. The zero-order valence-electron chi connectivity index (χ0n) is 13.7. The highest BCUT2D eigenvalue weighted by atomic mass is 32.1. The lowest BCUT2D eigenvalue weighted by atomic mass is 9.74. The van der Waals surface area contributed by atoms with Crippen molar-refractivity contribution in [3.63, 3.8) is 0 Å². The molecular formula is C17H20N2O3S2. The number of esters is 1. The summed E-state index contributed by atoms with van der Waals surface area (Å²) in [6, 6.07) is 1.99. The van der Waals surface area contributed by atoms with Crippen LogP contribution in [-0.2, 0) is 9.53 Å². The number of carbonyl (C=O) groups excluding carboxylic acids is 2. The van der Waals surface area contributed by atoms with Crippen molar-refractivity contribution in [3.05, 3.63) is 27.9 Å². The molecule has 0 aromatic carbocycles. The summed E-state index contributed by atoms with van der Waals surface area (Å²) in [7, 11) is 1.40. The Hall–Kier alpha value is -1.73. The van der Waals surface area contributed by atoms with Crippen molar-refractivity contribution in [2.75, 3.05) is 7.11 Å². The Morgan fingerprint density at radius 1 is 1.42 bits per heavy atom. The lowest BCUT2D eigenvalue weighted by Gasteiger charge is -2.40. The second-order valence-electron chi connectivity index (χ2n) is 6.23. The van der Waals surface area contributed by atoms with Crippen molar-refractivity contribution in [2.45, 2.75) is 38.1 Å². The van der Waals surface area contributed by atoms with Crippen molar-refractivity contribution in [2.24, 2.45) is 5.92 Å². The molecule has 1 aliphatic rings. The second kappa shape index (κ2) is 7.03. The van der Waals surface area contributed by atoms with Gasteiger partial charge in [0.05, 0.1) is 24.8 Å². The number of carbonyl (C=O) groups is 2. The van der Waals surface area contributed by atoms with Crippen LogP contribution in [0.4, 0.5) is 0 Å². The van der Waals surface area contributed by atoms with Gasteiger partial charge in [0.1, 0.15) is 9.88 Å². The maximum atomic E-state index is 12.7. The van der Waals surface area contributed by atoms with E-state index in [1.807, 2.05) is 23.8 Å². The highest BCUT2D eigenvalue weighted by Gasteiger charge is 2.43. The molecule has 0 aliphatic heterocycles. The molecule has 1 fully saturated rings. The summed E-state index contributed by atoms with van der Waals surface area (Å²) < 4.78 is 4.93. The van der Waals surface area contributed by atoms with Gasteiger partial charge in [0.25, 0.3) is 5.91 Å². The standard InChI is InChI=1S/C17H20N2O3S2/c1-17(7-4-3-5-12(17)16(21)22-2)19-14(20)13-9-18-15(24-13)11-6-8-23-10-11/h6,8-10,12H,3-5,7H2,1-2H3,(H,19,20)/t12-,17+/m0/s1. The number of thiophene rings is 1. The number of rotatable bonds is 4. The summed E-state index contributed by atoms with van der Waals surface area (Å²) in [6.45, 7) is 1.94. The molecular weight excluding hydrogens is 344 g/mol. The fraction of sp³-hybridized carbons (Fsp3) is 0.471. The number of nitrogens with one attached hydrogen (secondary N) is 1. The summed E-state index contributed by atoms with van der Waals surface area (Å²) >= 11 is 2.97. The molecule has 0 spiro atoms. The van der Waals surface area contributed by atoms with Gasteiger partial charge in [-0.05, 0) is 31.2 Å². The molecule has 1 N–H and O–H groups in total. The minimum atomic E-state index is -0.574. The van der Waals surface area contributed by atoms with Crippen molar-refractivity contribution in [1.29, 1.82) is 0 Å². The Balaban J connectivity index is 1.76. The van der Waals surface area contributed by atoms with Crippen molar-refractivity contribution >= 4 is 34.6 Å². The molecule has 2 aromatic heterocycles. The lowest BCUT2D eigenvalue weighted by molar-refractivity contribution is -0.149. The predicted octanol–water partition coefficient (Wildman–Crippen LogP) is 3.72. The number of thiazole rings is 1. The van der Waals surface area contributed by atoms with E-state index in [2.05, 4.69) is 10.3 Å². The van der Waals surface area contributed by atoms with Crippen LogP contribution in [0.2, 0.25) is 0 Å². The lowest BCUT2D eigenvalue weighted by Crippen LogP contribution is -2.55. The number of methoxy groups -OCH3 is 1. The van der Waals surface area contributed by atoms with E-state index in [-0.39, 0.29) is 17.8 Å². The minimum Gasteiger partial charge on any atom is -0.469 e. The topological polar surface area (TPSA) is 68.3 Å². The van der Waals surface area contributed by atoms with Crippen LogP contribution in [0.15, 0.2) is 23.0 Å². The molecule has 128 valence electrons. The van der Waals surface area contributed by atoms with E-state index in [1.165, 1.54) is 18.4 Å². The molecule has 0 unspecified atom stereocenters. The maximum absolute atomic E-state index is 12.7. The number of hydrogen-bond acceptors (Lipinski definition) is 6. The van der Waals surface area contributed by atoms with Gasteiger partial charge in [0.2, 0.25) is 0 Å². The van der Waals surface area contributed by atoms with Gasteiger partial charge in [0, 0.05) is 10.9 Å². The molecule has 2 aromatic rings. The van der Waals surface area contributed by atoms with E-state index in [1.54, 1.807) is 17.5 Å². The highest BCUT2D eigenvalue weighted by Crippen LogP contribution is 2.35. The molecule has 7 heteroatoms. The average molecular weight is 364 g/mol. The predicted molar refractivity (Wildman–Crippen MR) is 95.3 cm³/mol. The van der Waals surface area contributed by atoms with Gasteiger partial charge in [-0.2, -0.15) is 11.3 Å². The zero-order valence-corrected chi connectivity index (χ0v) is 15.3. The third-order valence-corrected chi connectivity index (χ3v) is 6.32. The number of aromatic nitrogens is 1. The molecule has 1 aliphatic carbocycles. The number of amides is 1. The molecule has 5 nitrogen and oxygen atoms in total. The van der Waals surface area contributed by atoms with E-state index in [0.717, 1.165) is 36.3 Å². The van der Waals surface area contributed by atoms with E-state index in [9.17, 15) is 9.59 Å². The van der Waals surface area contributed by atoms with Crippen LogP contribution >= 0.6 is 22.7 Å². The Labute approximate surface area is 149 Å². The zero-order chi connectivity index (χ0) is 17.2. The van der Waals surface area contributed by atoms with Gasteiger partial charge in [-0.1, -0.05) is 12.8 Å². The first kappa shape index (κ1) is 17.1. The van der Waals surface area contributed by atoms with Crippen LogP contribution in [-0.4, -0.2) is 29.5 Å². The minimum absolute atomic E-state index is 0.174. The van der Waals surface area contributed by atoms with Gasteiger partial charge in [0.15, 0.2) is 0 Å². The van der Waals surface area contributed by atoms with Crippen molar-refractivity contribution in [1.82, 2.24) is 10.3 Å². The Bertz CT molecular complexity index is 726. The second-order valence-corrected chi connectivity index (χ2v) is 8.05. The largest absolute Gasteiger partial charge is 0.469 e. The normalized spacial score (nSPS) is 23.7. The monoisotopic (exact) mass is 364 g/mol. The van der Waals surface area contributed by atoms with Gasteiger partial charge in [-0.3, -0.25) is 9.59 Å². The quantitative estimate of drug-likeness (QED) is 0.840. The summed E-state index contributed by atoms with van der Waals surface area (Å²) in [4.78, 5) is 29.6. The first-order valence-electron chi connectivity index (χ1n) is 7.92. The Morgan fingerprint density at radius 3 is 2.96 bits per heavy atom. The molecule has 1 amide bonds. The van der Waals surface area contributed by atoms with Gasteiger partial charge in [-0.25, -0.2) is 4.98 Å². The highest BCUT2D eigenvalue weighted by molar-refractivity contribution is 7.17. The summed E-state index contributed by atoms with van der Waals surface area (Å²) in [5, 5.41) is 7.90. The molecule has 2 atom stereocenters. The van der Waals surface area contributed by atoms with Crippen LogP contribution in [0.3, 0.4) is 0 Å². The van der Waals surface area contributed by atoms with E-state index in [0.29, 0.717) is 4.88 Å². The van der Waals surface area contributed by atoms with Gasteiger partial charge < -0.3 is 10.1 Å². The summed E-state index contributed by atoms with van der Waals surface area (Å²) in [5.74, 6) is -0.725. The fourth-order valence-electron chi connectivity index (χ4n) is 3.22. The third-order valence-electron chi connectivity index (χ3n) is 4.59. The van der Waals surface area contributed by atoms with Crippen LogP contribution in [0.25, 0.3) is 10.6 Å². The van der Waals surface area contributed by atoms with Crippen molar-refractivity contribution in [3.8, 4) is 10.6 Å². The van der Waals surface area contributed by atoms with Gasteiger partial charge >= 0.3 is 5.97 Å². The summed E-state index contributed by atoms with van der Waals surface area (Å²) in [6.07, 6.45) is 5.09. The first-order chi connectivity index (χ1) is 11.5. The Morgan fingerprint density at radius 2 is 2.25 bits per heavy atom. The van der Waals surface area contributed by atoms with Crippen LogP contribution in [0.1, 0.15) is 42.3 Å². The van der Waals surface area contributed by atoms with Crippen LogP contribution in [0.5, 0.6) is 0 Å². The first-order valence-corrected chi connectivity index (χ1v) is 9.68. The van der Waals surface area contributed by atoms with Crippen molar-refractivity contribution < 1.29 is 14.3 Å². The SMILES string of the molecule is COC(=O)[C@@H]1CCCC[C@@]1(C)NC(=O)c1cnc(-c2ccsc2)s1. The Kier molecular flexibility index (Phi) is 5.01. The third kappa shape index (κ3) is 3.37. The fourth-order valence-corrected chi connectivity index (χ4v) is 4.75. The molecule has 0 bridgehead atoms. The molecule has 24 heavy (non-hydrogen) atoms. The smallest absolute Gasteiger partial charge is 0.311 e. The van der Waals surface area contributed by atoms with Gasteiger partial charge in [-0.15, -0.1) is 11.3 Å². The van der Waals surface area contributed by atoms with E-state index in [4.69, 9.17) is 4.74 Å². The number of hydrogen-bond donors (Lipinski definition) is 1. The molecule has 0 saturated heterocycles. The maximum Gasteiger partial charge on any atom is 0.311 e. The van der Waals surface area contributed by atoms with Crippen LogP contribution < -0.4 is 5.32 Å². The molecule has 0 radical (unpaired) electrons. The van der Waals surface area contributed by atoms with E-state index < -0.39 is 5.54 Å². The van der Waals surface area contributed by atoms with E-state index >= 15 is 0 Å². The molecule has 2 heterocycles. The summed E-state index contributed by atoms with van der Waals surface area (Å²) in [5.41, 5.74) is 0.454. The molecule has 3 rings (SSSR count). The number of nitrogens with zero attached hydrogens (tertiary/aromatic N) is 1. The van der Waals surface area contributed by atoms with Crippen LogP contribution in [0, 0.1) is 5.92 Å². The number of ether oxygens (including phenoxy) is 1. The average Bonchev–Trinajstić information content (AvgIpc) is 3.25.